The molecule has 5 atom stereocenters. The maximum Gasteiger partial charge on any atom is 0.310 e. The number of hydrogen-bond donors (Lipinski definition) is 1. The normalized spacial score (nSPS) is 33.4. The van der Waals surface area contributed by atoms with Crippen molar-refractivity contribution in [3.63, 3.8) is 0 Å². The van der Waals surface area contributed by atoms with E-state index in [1.54, 1.807) is 24.3 Å². The molecule has 0 aromatic heterocycles. The number of esters is 2. The molecule has 120 valence electrons. The van der Waals surface area contributed by atoms with Gasteiger partial charge >= 0.3 is 11.9 Å². The largest absolute Gasteiger partial charge is 0.462 e. The van der Waals surface area contributed by atoms with Gasteiger partial charge in [-0.1, -0.05) is 18.2 Å². The molecule has 5 unspecified atom stereocenters. The number of carbonyl (C=O) groups excluding carboxylic acids is 3. The first-order valence-corrected chi connectivity index (χ1v) is 7.85. The lowest BCUT2D eigenvalue weighted by Crippen LogP contribution is -2.34. The highest BCUT2D eigenvalue weighted by Gasteiger charge is 2.64. The summed E-state index contributed by atoms with van der Waals surface area (Å²) in [5, 5.41) is 2.66. The smallest absolute Gasteiger partial charge is 0.310 e. The molecule has 3 fully saturated rings. The van der Waals surface area contributed by atoms with E-state index < -0.39 is 11.9 Å². The average Bonchev–Trinajstić information content (AvgIpc) is 3.15. The molecule has 6 nitrogen and oxygen atoms in total. The van der Waals surface area contributed by atoms with Crippen molar-refractivity contribution in [2.45, 2.75) is 18.9 Å². The molecule has 2 aliphatic carbocycles. The predicted molar refractivity (Wildman–Crippen MR) is 79.1 cm³/mol. The highest BCUT2D eigenvalue weighted by Crippen LogP contribution is 2.57. The van der Waals surface area contributed by atoms with E-state index in [1.165, 1.54) is 0 Å². The molecule has 3 aliphatic rings. The van der Waals surface area contributed by atoms with Gasteiger partial charge in [-0.25, -0.2) is 0 Å². The van der Waals surface area contributed by atoms with Crippen LogP contribution in [-0.4, -0.2) is 30.6 Å². The van der Waals surface area contributed by atoms with Gasteiger partial charge in [-0.05, 0) is 30.9 Å². The summed E-state index contributed by atoms with van der Waals surface area (Å²) in [4.78, 5) is 36.0. The van der Waals surface area contributed by atoms with Crippen LogP contribution in [0.25, 0.3) is 0 Å². The third kappa shape index (κ3) is 2.38. The van der Waals surface area contributed by atoms with Crippen molar-refractivity contribution in [1.82, 2.24) is 0 Å². The zero-order valence-corrected chi connectivity index (χ0v) is 12.4. The summed E-state index contributed by atoms with van der Waals surface area (Å²) < 4.78 is 10.5. The Hall–Kier alpha value is -2.37. The van der Waals surface area contributed by atoms with Crippen molar-refractivity contribution in [2.24, 2.45) is 23.7 Å². The summed E-state index contributed by atoms with van der Waals surface area (Å²) >= 11 is 0. The Balaban J connectivity index is 1.34. The topological polar surface area (TPSA) is 81.7 Å². The Morgan fingerprint density at radius 2 is 2.00 bits per heavy atom. The van der Waals surface area contributed by atoms with Crippen LogP contribution in [0, 0.1) is 23.7 Å². The fourth-order valence-electron chi connectivity index (χ4n) is 4.28. The molecule has 1 saturated heterocycles. The SMILES string of the molecule is O=C(COC(=O)C1C2CC3OC(=O)C1C3C2)Nc1ccccc1. The summed E-state index contributed by atoms with van der Waals surface area (Å²) in [6.07, 6.45) is 1.57. The first-order valence-electron chi connectivity index (χ1n) is 7.85. The maximum absolute atomic E-state index is 12.3. The lowest BCUT2D eigenvalue weighted by atomic mass is 9.80. The molecule has 1 amide bonds. The van der Waals surface area contributed by atoms with Gasteiger partial charge in [0.15, 0.2) is 6.61 Å². The molecule has 1 aromatic rings. The van der Waals surface area contributed by atoms with E-state index in [0.29, 0.717) is 5.69 Å². The van der Waals surface area contributed by atoms with Crippen LogP contribution < -0.4 is 5.32 Å². The van der Waals surface area contributed by atoms with Crippen LogP contribution in [0.1, 0.15) is 12.8 Å². The number of carbonyl (C=O) groups is 3. The van der Waals surface area contributed by atoms with Crippen LogP contribution in [0.5, 0.6) is 0 Å². The Labute approximate surface area is 133 Å². The minimum absolute atomic E-state index is 0.0112. The fourth-order valence-corrected chi connectivity index (χ4v) is 4.28. The van der Waals surface area contributed by atoms with E-state index >= 15 is 0 Å². The number of amides is 1. The first kappa shape index (κ1) is 14.2. The van der Waals surface area contributed by atoms with Crippen LogP contribution in [0.3, 0.4) is 0 Å². The number of nitrogens with one attached hydrogen (secondary N) is 1. The lowest BCUT2D eigenvalue weighted by Gasteiger charge is -2.22. The van der Waals surface area contributed by atoms with Gasteiger partial charge in [0.05, 0.1) is 11.8 Å². The molecular weight excluding hydrogens is 298 g/mol. The van der Waals surface area contributed by atoms with E-state index in [0.717, 1.165) is 12.8 Å². The molecule has 6 heteroatoms. The van der Waals surface area contributed by atoms with Crippen molar-refractivity contribution in [3.05, 3.63) is 30.3 Å². The van der Waals surface area contributed by atoms with Gasteiger partial charge in [-0.3, -0.25) is 14.4 Å². The summed E-state index contributed by atoms with van der Waals surface area (Å²) in [6, 6.07) is 8.96. The maximum atomic E-state index is 12.3. The highest BCUT2D eigenvalue weighted by molar-refractivity contribution is 5.93. The molecule has 2 bridgehead atoms. The van der Waals surface area contributed by atoms with Crippen molar-refractivity contribution < 1.29 is 23.9 Å². The van der Waals surface area contributed by atoms with Crippen molar-refractivity contribution >= 4 is 23.5 Å². The Kier molecular flexibility index (Phi) is 3.32. The molecular formula is C17H17NO5. The number of anilines is 1. The second kappa shape index (κ2) is 5.37. The standard InChI is InChI=1S/C17H17NO5/c19-13(18-10-4-2-1-3-5-10)8-22-16(20)14-9-6-11-12(7-9)23-17(21)15(11)14/h1-5,9,11-12,14-15H,6-8H2,(H,18,19). The van der Waals surface area contributed by atoms with Crippen molar-refractivity contribution in [3.8, 4) is 0 Å². The Morgan fingerprint density at radius 3 is 2.78 bits per heavy atom. The quantitative estimate of drug-likeness (QED) is 0.849. The van der Waals surface area contributed by atoms with Gasteiger partial charge in [-0.2, -0.15) is 0 Å². The minimum Gasteiger partial charge on any atom is -0.462 e. The lowest BCUT2D eigenvalue weighted by molar-refractivity contribution is -0.157. The zero-order valence-electron chi connectivity index (χ0n) is 12.4. The molecule has 1 N–H and O–H groups in total. The van der Waals surface area contributed by atoms with E-state index in [4.69, 9.17) is 9.47 Å². The third-order valence-electron chi connectivity index (χ3n) is 5.16. The number of benzene rings is 1. The van der Waals surface area contributed by atoms with Crippen molar-refractivity contribution in [2.75, 3.05) is 11.9 Å². The van der Waals surface area contributed by atoms with E-state index in [1.807, 2.05) is 6.07 Å². The van der Waals surface area contributed by atoms with E-state index in [2.05, 4.69) is 5.32 Å². The minimum atomic E-state index is -0.456. The van der Waals surface area contributed by atoms with Crippen LogP contribution >= 0.6 is 0 Å². The molecule has 0 radical (unpaired) electrons. The van der Waals surface area contributed by atoms with Crippen LogP contribution in [0.15, 0.2) is 30.3 Å². The molecule has 23 heavy (non-hydrogen) atoms. The highest BCUT2D eigenvalue weighted by atomic mass is 16.6. The van der Waals surface area contributed by atoms with Crippen LogP contribution in [0.4, 0.5) is 5.69 Å². The fraction of sp³-hybridized carbons (Fsp3) is 0.471. The Bertz CT molecular complexity index is 656. The molecule has 4 rings (SSSR count). The van der Waals surface area contributed by atoms with Crippen LogP contribution in [0.2, 0.25) is 0 Å². The Morgan fingerprint density at radius 1 is 1.22 bits per heavy atom. The van der Waals surface area contributed by atoms with Gasteiger partial charge in [0.2, 0.25) is 0 Å². The van der Waals surface area contributed by atoms with Crippen molar-refractivity contribution in [1.29, 1.82) is 0 Å². The predicted octanol–water partition coefficient (Wildman–Crippen LogP) is 1.37. The molecule has 2 saturated carbocycles. The van der Waals surface area contributed by atoms with E-state index in [-0.39, 0.29) is 42.3 Å². The number of hydrogen-bond acceptors (Lipinski definition) is 5. The van der Waals surface area contributed by atoms with Gasteiger partial charge < -0.3 is 14.8 Å². The second-order valence-electron chi connectivity index (χ2n) is 6.44. The molecule has 1 heterocycles. The van der Waals surface area contributed by atoms with Gasteiger partial charge in [0, 0.05) is 11.6 Å². The summed E-state index contributed by atoms with van der Waals surface area (Å²) in [5.41, 5.74) is 0.649. The number of para-hydroxylation sites is 1. The summed E-state index contributed by atoms with van der Waals surface area (Å²) in [5.74, 6) is -1.65. The number of fused-ring (bicyclic) bond motifs is 1. The number of ether oxygens (including phenoxy) is 2. The molecule has 1 aromatic carbocycles. The summed E-state index contributed by atoms with van der Waals surface area (Å²) in [7, 11) is 0. The van der Waals surface area contributed by atoms with Gasteiger partial charge in [0.1, 0.15) is 6.10 Å². The monoisotopic (exact) mass is 315 g/mol. The second-order valence-corrected chi connectivity index (χ2v) is 6.44. The van der Waals surface area contributed by atoms with Crippen LogP contribution in [-0.2, 0) is 23.9 Å². The van der Waals surface area contributed by atoms with Gasteiger partial charge in [0.25, 0.3) is 5.91 Å². The summed E-state index contributed by atoms with van der Waals surface area (Å²) in [6.45, 7) is -0.340. The zero-order chi connectivity index (χ0) is 16.0. The molecule has 1 aliphatic heterocycles. The third-order valence-corrected chi connectivity index (χ3v) is 5.16. The number of rotatable bonds is 4. The van der Waals surface area contributed by atoms with E-state index in [9.17, 15) is 14.4 Å². The first-order chi connectivity index (χ1) is 11.1. The average molecular weight is 315 g/mol. The molecule has 0 spiro atoms. The van der Waals surface area contributed by atoms with Gasteiger partial charge in [-0.15, -0.1) is 0 Å².